The molecule has 0 unspecified atom stereocenters. The fourth-order valence-corrected chi connectivity index (χ4v) is 3.95. The van der Waals surface area contributed by atoms with Crippen molar-refractivity contribution in [3.05, 3.63) is 53.3 Å². The summed E-state index contributed by atoms with van der Waals surface area (Å²) in [5.74, 6) is 0.0478. The number of carbonyl (C=O) groups excluding carboxylic acids is 1. The molecule has 2 saturated heterocycles. The van der Waals surface area contributed by atoms with Crippen molar-refractivity contribution < 1.29 is 9.53 Å². The Morgan fingerprint density at radius 2 is 1.68 bits per heavy atom. The van der Waals surface area contributed by atoms with Crippen molar-refractivity contribution in [2.75, 3.05) is 62.3 Å². The molecular formula is C22H28N4O2. The number of aromatic nitrogens is 1. The third kappa shape index (κ3) is 3.83. The van der Waals surface area contributed by atoms with E-state index < -0.39 is 0 Å². The van der Waals surface area contributed by atoms with E-state index in [1.54, 1.807) is 6.20 Å². The van der Waals surface area contributed by atoms with Gasteiger partial charge in [0.15, 0.2) is 0 Å². The van der Waals surface area contributed by atoms with E-state index in [0.717, 1.165) is 31.9 Å². The van der Waals surface area contributed by atoms with Crippen molar-refractivity contribution >= 4 is 17.3 Å². The number of morpholine rings is 1. The predicted octanol–water partition coefficient (Wildman–Crippen LogP) is 2.50. The summed E-state index contributed by atoms with van der Waals surface area (Å²) >= 11 is 0. The summed E-state index contributed by atoms with van der Waals surface area (Å²) in [7, 11) is 0. The van der Waals surface area contributed by atoms with Gasteiger partial charge >= 0.3 is 0 Å². The van der Waals surface area contributed by atoms with E-state index >= 15 is 0 Å². The molecule has 6 heteroatoms. The summed E-state index contributed by atoms with van der Waals surface area (Å²) in [6.45, 7) is 10.7. The van der Waals surface area contributed by atoms with Crippen molar-refractivity contribution in [1.29, 1.82) is 0 Å². The molecule has 0 bridgehead atoms. The minimum Gasteiger partial charge on any atom is -0.378 e. The molecule has 1 amide bonds. The zero-order valence-electron chi connectivity index (χ0n) is 16.7. The van der Waals surface area contributed by atoms with E-state index in [2.05, 4.69) is 46.8 Å². The highest BCUT2D eigenvalue weighted by Gasteiger charge is 2.22. The maximum Gasteiger partial charge on any atom is 0.255 e. The van der Waals surface area contributed by atoms with Crippen LogP contribution in [0.4, 0.5) is 11.4 Å². The van der Waals surface area contributed by atoms with Crippen LogP contribution in [0.25, 0.3) is 0 Å². The summed E-state index contributed by atoms with van der Waals surface area (Å²) in [5.41, 5.74) is 5.71. The van der Waals surface area contributed by atoms with Gasteiger partial charge in [0.1, 0.15) is 0 Å². The van der Waals surface area contributed by atoms with Gasteiger partial charge in [0.2, 0.25) is 0 Å². The Balaban J connectivity index is 1.43. The minimum atomic E-state index is 0.0478. The van der Waals surface area contributed by atoms with E-state index in [1.165, 1.54) is 16.8 Å². The molecule has 1 aromatic heterocycles. The van der Waals surface area contributed by atoms with Crippen LogP contribution in [0, 0.1) is 13.8 Å². The molecule has 2 aromatic rings. The number of rotatable bonds is 3. The summed E-state index contributed by atoms with van der Waals surface area (Å²) < 4.78 is 5.34. The monoisotopic (exact) mass is 380 g/mol. The molecule has 0 aliphatic carbocycles. The number of anilines is 2. The highest BCUT2D eigenvalue weighted by molar-refractivity contribution is 5.94. The van der Waals surface area contributed by atoms with Gasteiger partial charge in [-0.05, 0) is 37.1 Å². The molecule has 1 aromatic carbocycles. The number of benzene rings is 1. The molecular weight excluding hydrogens is 352 g/mol. The lowest BCUT2D eigenvalue weighted by atomic mass is 10.1. The maximum atomic E-state index is 12.7. The average molecular weight is 380 g/mol. The number of aryl methyl sites for hydroxylation is 1. The number of nitrogens with zero attached hydrogens (tertiary/aromatic N) is 4. The van der Waals surface area contributed by atoms with Crippen LogP contribution in [0.3, 0.4) is 0 Å². The largest absolute Gasteiger partial charge is 0.378 e. The molecule has 2 aliphatic heterocycles. The Kier molecular flexibility index (Phi) is 5.48. The first-order valence-electron chi connectivity index (χ1n) is 10.0. The zero-order chi connectivity index (χ0) is 19.5. The van der Waals surface area contributed by atoms with Crippen LogP contribution in [0.1, 0.15) is 21.5 Å². The van der Waals surface area contributed by atoms with Crippen LogP contribution in [0.15, 0.2) is 36.7 Å². The number of hydrogen-bond acceptors (Lipinski definition) is 5. The maximum absolute atomic E-state index is 12.7. The quantitative estimate of drug-likeness (QED) is 0.819. The first kappa shape index (κ1) is 18.7. The SMILES string of the molecule is Cc1cccc(N2CCN(c3cncc(C(=O)N4CCOCC4)c3)CC2)c1C. The van der Waals surface area contributed by atoms with E-state index in [1.807, 2.05) is 17.2 Å². The van der Waals surface area contributed by atoms with Gasteiger partial charge in [0.05, 0.1) is 30.7 Å². The molecule has 6 nitrogen and oxygen atoms in total. The standard InChI is InChI=1S/C22H28N4O2/c1-17-4-3-5-21(18(17)2)25-8-6-24(7-9-25)20-14-19(15-23-16-20)22(27)26-10-12-28-13-11-26/h3-5,14-16H,6-13H2,1-2H3. The topological polar surface area (TPSA) is 48.9 Å². The lowest BCUT2D eigenvalue weighted by Gasteiger charge is -2.38. The number of ether oxygens (including phenoxy) is 1. The van der Waals surface area contributed by atoms with Crippen LogP contribution in [0.5, 0.6) is 0 Å². The van der Waals surface area contributed by atoms with Crippen molar-refractivity contribution in [3.8, 4) is 0 Å². The van der Waals surface area contributed by atoms with Crippen molar-refractivity contribution in [2.24, 2.45) is 0 Å². The van der Waals surface area contributed by atoms with E-state index in [9.17, 15) is 4.79 Å². The van der Waals surface area contributed by atoms with Crippen molar-refractivity contribution in [2.45, 2.75) is 13.8 Å². The molecule has 148 valence electrons. The average Bonchev–Trinajstić information content (AvgIpc) is 2.76. The van der Waals surface area contributed by atoms with Crippen molar-refractivity contribution in [3.63, 3.8) is 0 Å². The second-order valence-electron chi connectivity index (χ2n) is 7.53. The van der Waals surface area contributed by atoms with Gasteiger partial charge in [-0.25, -0.2) is 0 Å². The fourth-order valence-electron chi connectivity index (χ4n) is 3.95. The third-order valence-electron chi connectivity index (χ3n) is 5.83. The predicted molar refractivity (Wildman–Crippen MR) is 111 cm³/mol. The van der Waals surface area contributed by atoms with Gasteiger partial charge in [-0.1, -0.05) is 12.1 Å². The van der Waals surface area contributed by atoms with Crippen LogP contribution in [-0.2, 0) is 4.74 Å². The second-order valence-corrected chi connectivity index (χ2v) is 7.53. The molecule has 28 heavy (non-hydrogen) atoms. The van der Waals surface area contributed by atoms with Gasteiger partial charge in [0, 0.05) is 51.2 Å². The molecule has 4 rings (SSSR count). The first-order valence-corrected chi connectivity index (χ1v) is 10.0. The second kappa shape index (κ2) is 8.19. The smallest absolute Gasteiger partial charge is 0.255 e. The molecule has 2 aliphatic rings. The third-order valence-corrected chi connectivity index (χ3v) is 5.83. The lowest BCUT2D eigenvalue weighted by molar-refractivity contribution is 0.0302. The van der Waals surface area contributed by atoms with E-state index in [0.29, 0.717) is 31.9 Å². The highest BCUT2D eigenvalue weighted by Crippen LogP contribution is 2.25. The van der Waals surface area contributed by atoms with Crippen LogP contribution < -0.4 is 9.80 Å². The number of hydrogen-bond donors (Lipinski definition) is 0. The van der Waals surface area contributed by atoms with E-state index in [-0.39, 0.29) is 5.91 Å². The normalized spacial score (nSPS) is 17.7. The molecule has 2 fully saturated rings. The Bertz CT molecular complexity index is 840. The molecule has 0 spiro atoms. The van der Waals surface area contributed by atoms with Crippen molar-refractivity contribution in [1.82, 2.24) is 9.88 Å². The molecule has 0 radical (unpaired) electrons. The van der Waals surface area contributed by atoms with Gasteiger partial charge < -0.3 is 19.4 Å². The van der Waals surface area contributed by atoms with Gasteiger partial charge in [0.25, 0.3) is 5.91 Å². The Morgan fingerprint density at radius 3 is 2.43 bits per heavy atom. The molecule has 0 atom stereocenters. The highest BCUT2D eigenvalue weighted by atomic mass is 16.5. The summed E-state index contributed by atoms with van der Waals surface area (Å²) in [5, 5.41) is 0. The lowest BCUT2D eigenvalue weighted by Crippen LogP contribution is -2.47. The molecule has 3 heterocycles. The number of amides is 1. The summed E-state index contributed by atoms with van der Waals surface area (Å²) in [4.78, 5) is 23.7. The Morgan fingerprint density at radius 1 is 0.964 bits per heavy atom. The van der Waals surface area contributed by atoms with Crippen LogP contribution in [-0.4, -0.2) is 68.3 Å². The number of carbonyl (C=O) groups is 1. The number of pyridine rings is 1. The van der Waals surface area contributed by atoms with Gasteiger partial charge in [-0.3, -0.25) is 9.78 Å². The van der Waals surface area contributed by atoms with Gasteiger partial charge in [-0.2, -0.15) is 0 Å². The Labute approximate surface area is 166 Å². The zero-order valence-corrected chi connectivity index (χ0v) is 16.7. The first-order chi connectivity index (χ1) is 13.6. The molecule has 0 N–H and O–H groups in total. The number of piperazine rings is 1. The summed E-state index contributed by atoms with van der Waals surface area (Å²) in [6, 6.07) is 8.49. The van der Waals surface area contributed by atoms with Crippen LogP contribution in [0.2, 0.25) is 0 Å². The minimum absolute atomic E-state index is 0.0478. The van der Waals surface area contributed by atoms with Gasteiger partial charge in [-0.15, -0.1) is 0 Å². The summed E-state index contributed by atoms with van der Waals surface area (Å²) in [6.07, 6.45) is 3.54. The van der Waals surface area contributed by atoms with Crippen LogP contribution >= 0.6 is 0 Å². The molecule has 0 saturated carbocycles. The van der Waals surface area contributed by atoms with E-state index in [4.69, 9.17) is 4.74 Å². The Hall–Kier alpha value is -2.60. The fraction of sp³-hybridized carbons (Fsp3) is 0.455.